The Hall–Kier alpha value is -1.25. The van der Waals surface area contributed by atoms with Gasteiger partial charge in [0.2, 0.25) is 10.0 Å². The number of sulfonamides is 1. The molecule has 0 heterocycles. The number of nitrogen functional groups attached to an aromatic ring is 1. The van der Waals surface area contributed by atoms with Crippen LogP contribution in [-0.4, -0.2) is 32.6 Å². The summed E-state index contributed by atoms with van der Waals surface area (Å²) in [4.78, 5) is -0.132. The standard InChI is InChI=1S/C10H14F2N2O3S/c1-6-2-3-7(4-8(6)13)18(16,17)14-5-9(15)10(11)12/h2-4,9-10,14-15H,5,13H2,1H3. The molecule has 0 aliphatic carbocycles. The maximum atomic E-state index is 12.0. The molecule has 5 nitrogen and oxygen atoms in total. The van der Waals surface area contributed by atoms with Crippen LogP contribution in [0, 0.1) is 6.92 Å². The van der Waals surface area contributed by atoms with Crippen LogP contribution in [0.4, 0.5) is 14.5 Å². The first kappa shape index (κ1) is 14.8. The molecule has 0 saturated heterocycles. The van der Waals surface area contributed by atoms with Gasteiger partial charge in [-0.25, -0.2) is 21.9 Å². The maximum absolute atomic E-state index is 12.0. The van der Waals surface area contributed by atoms with Crippen LogP contribution in [0.5, 0.6) is 0 Å². The highest BCUT2D eigenvalue weighted by atomic mass is 32.2. The summed E-state index contributed by atoms with van der Waals surface area (Å²) < 4.78 is 49.3. The van der Waals surface area contributed by atoms with Gasteiger partial charge in [-0.3, -0.25) is 0 Å². The van der Waals surface area contributed by atoms with E-state index in [1.807, 2.05) is 4.72 Å². The second-order valence-corrected chi connectivity index (χ2v) is 5.54. The van der Waals surface area contributed by atoms with E-state index < -0.39 is 29.1 Å². The predicted molar refractivity (Wildman–Crippen MR) is 62.8 cm³/mol. The first-order valence-electron chi connectivity index (χ1n) is 5.06. The number of hydrogen-bond acceptors (Lipinski definition) is 4. The predicted octanol–water partition coefficient (Wildman–Crippen LogP) is 0.482. The summed E-state index contributed by atoms with van der Waals surface area (Å²) in [6, 6.07) is 4.04. The third kappa shape index (κ3) is 3.62. The van der Waals surface area contributed by atoms with Gasteiger partial charge in [-0.1, -0.05) is 6.07 Å². The van der Waals surface area contributed by atoms with Crippen LogP contribution in [0.25, 0.3) is 0 Å². The van der Waals surface area contributed by atoms with Crippen LogP contribution >= 0.6 is 0 Å². The molecule has 1 aromatic rings. The summed E-state index contributed by atoms with van der Waals surface area (Å²) in [5.74, 6) is 0. The number of nitrogens with two attached hydrogens (primary N) is 1. The fourth-order valence-electron chi connectivity index (χ4n) is 1.15. The number of nitrogens with one attached hydrogen (secondary N) is 1. The molecule has 1 unspecified atom stereocenters. The van der Waals surface area contributed by atoms with Gasteiger partial charge in [0.05, 0.1) is 4.90 Å². The summed E-state index contributed by atoms with van der Waals surface area (Å²) in [7, 11) is -3.95. The van der Waals surface area contributed by atoms with E-state index in [1.54, 1.807) is 6.92 Å². The van der Waals surface area contributed by atoms with Gasteiger partial charge in [-0.05, 0) is 24.6 Å². The second kappa shape index (κ2) is 5.59. The molecule has 0 amide bonds. The zero-order valence-electron chi connectivity index (χ0n) is 9.60. The highest BCUT2D eigenvalue weighted by Crippen LogP contribution is 2.17. The van der Waals surface area contributed by atoms with E-state index in [0.717, 1.165) is 0 Å². The number of aryl methyl sites for hydroxylation is 1. The maximum Gasteiger partial charge on any atom is 0.265 e. The Balaban J connectivity index is 2.83. The van der Waals surface area contributed by atoms with E-state index in [-0.39, 0.29) is 10.6 Å². The van der Waals surface area contributed by atoms with E-state index >= 15 is 0 Å². The number of halogens is 2. The van der Waals surface area contributed by atoms with Gasteiger partial charge in [-0.2, -0.15) is 0 Å². The lowest BCUT2D eigenvalue weighted by Gasteiger charge is -2.12. The van der Waals surface area contributed by atoms with Crippen molar-refractivity contribution in [2.24, 2.45) is 0 Å². The number of aliphatic hydroxyl groups is 1. The molecule has 1 rings (SSSR count). The molecule has 0 aliphatic heterocycles. The fraction of sp³-hybridized carbons (Fsp3) is 0.400. The normalized spacial score (nSPS) is 13.8. The lowest BCUT2D eigenvalue weighted by Crippen LogP contribution is -2.35. The molecule has 1 atom stereocenters. The minimum atomic E-state index is -3.95. The average Bonchev–Trinajstić information content (AvgIpc) is 2.29. The Bertz CT molecular complexity index is 520. The first-order chi connectivity index (χ1) is 8.24. The first-order valence-corrected chi connectivity index (χ1v) is 6.54. The summed E-state index contributed by atoms with van der Waals surface area (Å²) in [6.45, 7) is 0.952. The molecule has 18 heavy (non-hydrogen) atoms. The van der Waals surface area contributed by atoms with Crippen molar-refractivity contribution in [3.8, 4) is 0 Å². The molecule has 0 bridgehead atoms. The molecule has 0 radical (unpaired) electrons. The topological polar surface area (TPSA) is 92.4 Å². The average molecular weight is 280 g/mol. The molecule has 0 spiro atoms. The van der Waals surface area contributed by atoms with Crippen molar-refractivity contribution in [3.63, 3.8) is 0 Å². The molecular weight excluding hydrogens is 266 g/mol. The number of hydrogen-bond donors (Lipinski definition) is 3. The van der Waals surface area contributed by atoms with Gasteiger partial charge < -0.3 is 10.8 Å². The van der Waals surface area contributed by atoms with E-state index in [0.29, 0.717) is 5.56 Å². The molecule has 102 valence electrons. The number of anilines is 1. The Morgan fingerprint density at radius 3 is 2.56 bits per heavy atom. The van der Waals surface area contributed by atoms with Gasteiger partial charge in [0.15, 0.2) is 0 Å². The second-order valence-electron chi connectivity index (χ2n) is 3.77. The SMILES string of the molecule is Cc1ccc(S(=O)(=O)NCC(O)C(F)F)cc1N. The Labute approximate surface area is 104 Å². The Morgan fingerprint density at radius 1 is 1.44 bits per heavy atom. The third-order valence-corrected chi connectivity index (χ3v) is 3.76. The Kier molecular flexibility index (Phi) is 4.60. The van der Waals surface area contributed by atoms with Gasteiger partial charge >= 0.3 is 0 Å². The van der Waals surface area contributed by atoms with Crippen LogP contribution in [0.1, 0.15) is 5.56 Å². The lowest BCUT2D eigenvalue weighted by molar-refractivity contribution is -0.000451. The van der Waals surface area contributed by atoms with Crippen LogP contribution in [-0.2, 0) is 10.0 Å². The summed E-state index contributed by atoms with van der Waals surface area (Å²) >= 11 is 0. The molecule has 0 fully saturated rings. The van der Waals surface area contributed by atoms with Gasteiger partial charge in [-0.15, -0.1) is 0 Å². The van der Waals surface area contributed by atoms with E-state index in [9.17, 15) is 17.2 Å². The van der Waals surface area contributed by atoms with Crippen molar-refractivity contribution < 1.29 is 22.3 Å². The number of rotatable bonds is 5. The highest BCUT2D eigenvalue weighted by Gasteiger charge is 2.21. The number of alkyl halides is 2. The third-order valence-electron chi connectivity index (χ3n) is 2.33. The molecule has 1 aromatic carbocycles. The van der Waals surface area contributed by atoms with Gasteiger partial charge in [0.25, 0.3) is 6.43 Å². The van der Waals surface area contributed by atoms with E-state index in [2.05, 4.69) is 0 Å². The Morgan fingerprint density at radius 2 is 2.06 bits per heavy atom. The smallest absolute Gasteiger partial charge is 0.265 e. The zero-order valence-corrected chi connectivity index (χ0v) is 10.4. The molecular formula is C10H14F2N2O3S. The molecule has 0 saturated carbocycles. The van der Waals surface area contributed by atoms with E-state index in [4.69, 9.17) is 10.8 Å². The van der Waals surface area contributed by atoms with E-state index in [1.165, 1.54) is 18.2 Å². The number of aliphatic hydroxyl groups excluding tert-OH is 1. The van der Waals surface area contributed by atoms with Crippen molar-refractivity contribution in [2.75, 3.05) is 12.3 Å². The molecule has 4 N–H and O–H groups in total. The molecule has 8 heteroatoms. The van der Waals surface area contributed by atoms with Crippen LogP contribution in [0.3, 0.4) is 0 Å². The molecule has 0 aliphatic rings. The van der Waals surface area contributed by atoms with Crippen molar-refractivity contribution >= 4 is 15.7 Å². The summed E-state index contributed by atoms with van der Waals surface area (Å²) in [6.07, 6.45) is -5.04. The van der Waals surface area contributed by atoms with Crippen LogP contribution in [0.2, 0.25) is 0 Å². The fourth-order valence-corrected chi connectivity index (χ4v) is 2.24. The highest BCUT2D eigenvalue weighted by molar-refractivity contribution is 7.89. The minimum Gasteiger partial charge on any atom is -0.398 e. The van der Waals surface area contributed by atoms with Gasteiger partial charge in [0.1, 0.15) is 6.10 Å². The van der Waals surface area contributed by atoms with Crippen molar-refractivity contribution in [2.45, 2.75) is 24.3 Å². The summed E-state index contributed by atoms with van der Waals surface area (Å²) in [5.41, 5.74) is 6.55. The largest absolute Gasteiger partial charge is 0.398 e. The monoisotopic (exact) mass is 280 g/mol. The van der Waals surface area contributed by atoms with Crippen LogP contribution in [0.15, 0.2) is 23.1 Å². The zero-order chi connectivity index (χ0) is 13.9. The minimum absolute atomic E-state index is 0.132. The summed E-state index contributed by atoms with van der Waals surface area (Å²) in [5, 5.41) is 8.83. The molecule has 0 aromatic heterocycles. The lowest BCUT2D eigenvalue weighted by atomic mass is 10.2. The quantitative estimate of drug-likeness (QED) is 0.684. The van der Waals surface area contributed by atoms with Gasteiger partial charge in [0, 0.05) is 12.2 Å². The van der Waals surface area contributed by atoms with Crippen molar-refractivity contribution in [1.82, 2.24) is 4.72 Å². The van der Waals surface area contributed by atoms with Crippen LogP contribution < -0.4 is 10.5 Å². The van der Waals surface area contributed by atoms with Crippen molar-refractivity contribution in [3.05, 3.63) is 23.8 Å². The van der Waals surface area contributed by atoms with Crippen molar-refractivity contribution in [1.29, 1.82) is 0 Å². The number of benzene rings is 1.